The minimum absolute atomic E-state index is 0.178. The van der Waals surface area contributed by atoms with E-state index in [4.69, 9.17) is 10.5 Å². The lowest BCUT2D eigenvalue weighted by Gasteiger charge is -2.12. The van der Waals surface area contributed by atoms with Crippen LogP contribution in [-0.2, 0) is 11.4 Å². The molecule has 4 nitrogen and oxygen atoms in total. The van der Waals surface area contributed by atoms with E-state index in [0.717, 1.165) is 0 Å². The van der Waals surface area contributed by atoms with Gasteiger partial charge in [0.25, 0.3) is 0 Å². The van der Waals surface area contributed by atoms with Gasteiger partial charge in [-0.2, -0.15) is 0 Å². The molecule has 5 heteroatoms. The molecule has 0 aromatic heterocycles. The average molecular weight is 274 g/mol. The number of nitrogens with two attached hydrogens (primary N) is 1. The fourth-order valence-electron chi connectivity index (χ4n) is 1.74. The molecule has 2 aromatic rings. The Morgan fingerprint density at radius 2 is 2.05 bits per heavy atom. The predicted molar refractivity (Wildman–Crippen MR) is 75.9 cm³/mol. The lowest BCUT2D eigenvalue weighted by atomic mass is 10.2. The number of carbonyl (C=O) groups is 1. The van der Waals surface area contributed by atoms with Crippen molar-refractivity contribution in [2.24, 2.45) is 0 Å². The van der Waals surface area contributed by atoms with Crippen molar-refractivity contribution in [3.8, 4) is 5.75 Å². The minimum Gasteiger partial charge on any atom is -0.487 e. The van der Waals surface area contributed by atoms with Crippen LogP contribution < -0.4 is 15.8 Å². The Bertz CT molecular complexity index is 629. The molecule has 0 saturated carbocycles. The van der Waals surface area contributed by atoms with E-state index >= 15 is 0 Å². The Labute approximate surface area is 116 Å². The van der Waals surface area contributed by atoms with Crippen molar-refractivity contribution in [2.45, 2.75) is 13.5 Å². The molecule has 0 unspecified atom stereocenters. The first-order chi connectivity index (χ1) is 9.56. The fraction of sp³-hybridized carbons (Fsp3) is 0.133. The number of anilines is 2. The highest BCUT2D eigenvalue weighted by atomic mass is 19.1. The predicted octanol–water partition coefficient (Wildman–Crippen LogP) is 2.95. The second-order valence-corrected chi connectivity index (χ2v) is 4.31. The van der Waals surface area contributed by atoms with Gasteiger partial charge in [0.1, 0.15) is 18.2 Å². The lowest BCUT2D eigenvalue weighted by Crippen LogP contribution is -2.08. The van der Waals surface area contributed by atoms with Gasteiger partial charge < -0.3 is 15.8 Å². The van der Waals surface area contributed by atoms with E-state index in [-0.39, 0.29) is 18.3 Å². The van der Waals surface area contributed by atoms with Gasteiger partial charge in [0.05, 0.1) is 5.69 Å². The highest BCUT2D eigenvalue weighted by molar-refractivity contribution is 5.90. The molecule has 0 bridgehead atoms. The van der Waals surface area contributed by atoms with Crippen LogP contribution in [0.15, 0.2) is 42.5 Å². The summed E-state index contributed by atoms with van der Waals surface area (Å²) in [6.45, 7) is 1.62. The Balaban J connectivity index is 2.12. The molecular weight excluding hydrogens is 259 g/mol. The summed E-state index contributed by atoms with van der Waals surface area (Å²) in [4.78, 5) is 11.1. The maximum absolute atomic E-state index is 12.9. The molecule has 1 amide bonds. The van der Waals surface area contributed by atoms with Gasteiger partial charge in [-0.15, -0.1) is 0 Å². The first-order valence-electron chi connectivity index (χ1n) is 6.09. The Morgan fingerprint density at radius 3 is 2.75 bits per heavy atom. The van der Waals surface area contributed by atoms with E-state index in [1.54, 1.807) is 30.3 Å². The summed E-state index contributed by atoms with van der Waals surface area (Å²) in [6.07, 6.45) is 0. The molecule has 2 rings (SSSR count). The number of amides is 1. The van der Waals surface area contributed by atoms with Crippen LogP contribution in [0.25, 0.3) is 0 Å². The summed E-state index contributed by atoms with van der Waals surface area (Å²) in [5.41, 5.74) is 7.32. The van der Waals surface area contributed by atoms with Crippen molar-refractivity contribution in [3.63, 3.8) is 0 Å². The van der Waals surface area contributed by atoms with Crippen LogP contribution in [-0.4, -0.2) is 5.91 Å². The normalized spacial score (nSPS) is 10.1. The maximum Gasteiger partial charge on any atom is 0.221 e. The molecule has 3 N–H and O–H groups in total. The third-order valence-corrected chi connectivity index (χ3v) is 2.69. The zero-order valence-electron chi connectivity index (χ0n) is 11.0. The molecule has 0 aliphatic heterocycles. The molecule has 2 aromatic carbocycles. The van der Waals surface area contributed by atoms with Crippen molar-refractivity contribution in [1.29, 1.82) is 0 Å². The van der Waals surface area contributed by atoms with E-state index in [0.29, 0.717) is 22.7 Å². The van der Waals surface area contributed by atoms with Crippen LogP contribution in [0.1, 0.15) is 12.5 Å². The van der Waals surface area contributed by atoms with Crippen molar-refractivity contribution in [3.05, 3.63) is 53.8 Å². The molecular formula is C15H15FN2O2. The molecule has 0 spiro atoms. The number of halogens is 1. The highest BCUT2D eigenvalue weighted by Crippen LogP contribution is 2.25. The number of rotatable bonds is 4. The van der Waals surface area contributed by atoms with Gasteiger partial charge in [-0.05, 0) is 24.3 Å². The molecule has 0 heterocycles. The fourth-order valence-corrected chi connectivity index (χ4v) is 1.74. The number of hydrogen-bond acceptors (Lipinski definition) is 3. The van der Waals surface area contributed by atoms with Crippen LogP contribution in [0.3, 0.4) is 0 Å². The van der Waals surface area contributed by atoms with Gasteiger partial charge in [0, 0.05) is 18.2 Å². The van der Waals surface area contributed by atoms with E-state index in [1.165, 1.54) is 19.1 Å². The quantitative estimate of drug-likeness (QED) is 0.842. The maximum atomic E-state index is 12.9. The van der Waals surface area contributed by atoms with Crippen LogP contribution in [0.2, 0.25) is 0 Å². The van der Waals surface area contributed by atoms with Crippen molar-refractivity contribution < 1.29 is 13.9 Å². The van der Waals surface area contributed by atoms with E-state index < -0.39 is 0 Å². The van der Waals surface area contributed by atoms with Gasteiger partial charge in [-0.3, -0.25) is 4.79 Å². The van der Waals surface area contributed by atoms with Gasteiger partial charge in [-0.25, -0.2) is 4.39 Å². The minimum atomic E-state index is -0.384. The van der Waals surface area contributed by atoms with Crippen LogP contribution in [0, 0.1) is 5.82 Å². The van der Waals surface area contributed by atoms with Gasteiger partial charge in [0.15, 0.2) is 0 Å². The smallest absolute Gasteiger partial charge is 0.221 e. The monoisotopic (exact) mass is 274 g/mol. The Morgan fingerprint density at radius 1 is 1.30 bits per heavy atom. The number of ether oxygens (including phenoxy) is 1. The summed E-state index contributed by atoms with van der Waals surface area (Å²) < 4.78 is 18.6. The molecule has 0 aliphatic rings. The van der Waals surface area contributed by atoms with E-state index in [9.17, 15) is 9.18 Å². The summed E-state index contributed by atoms with van der Waals surface area (Å²) in [5.74, 6) is -0.0290. The number of nitrogen functional groups attached to an aromatic ring is 1. The number of hydrogen-bond donors (Lipinski definition) is 2. The molecule has 0 saturated heterocycles. The lowest BCUT2D eigenvalue weighted by molar-refractivity contribution is -0.114. The summed E-state index contributed by atoms with van der Waals surface area (Å²) in [6, 6.07) is 11.2. The molecule has 20 heavy (non-hydrogen) atoms. The second kappa shape index (κ2) is 6.06. The second-order valence-electron chi connectivity index (χ2n) is 4.31. The SMILES string of the molecule is CC(=O)Nc1ccccc1OCc1ccc(F)cc1N. The average Bonchev–Trinajstić information content (AvgIpc) is 2.39. The zero-order chi connectivity index (χ0) is 14.5. The van der Waals surface area contributed by atoms with Crippen LogP contribution >= 0.6 is 0 Å². The topological polar surface area (TPSA) is 64.3 Å². The molecule has 0 atom stereocenters. The van der Waals surface area contributed by atoms with Gasteiger partial charge >= 0.3 is 0 Å². The van der Waals surface area contributed by atoms with Gasteiger partial charge in [-0.1, -0.05) is 18.2 Å². The third-order valence-electron chi connectivity index (χ3n) is 2.69. The summed E-state index contributed by atoms with van der Waals surface area (Å²) in [7, 11) is 0. The Hall–Kier alpha value is -2.56. The van der Waals surface area contributed by atoms with E-state index in [2.05, 4.69) is 5.32 Å². The number of carbonyl (C=O) groups excluding carboxylic acids is 1. The van der Waals surface area contributed by atoms with Crippen molar-refractivity contribution >= 4 is 17.3 Å². The first-order valence-corrected chi connectivity index (χ1v) is 6.09. The Kier molecular flexibility index (Phi) is 4.20. The summed E-state index contributed by atoms with van der Waals surface area (Å²) >= 11 is 0. The standard InChI is InChI=1S/C15H15FN2O2/c1-10(19)18-14-4-2-3-5-15(14)20-9-11-6-7-12(16)8-13(11)17/h2-8H,9,17H2,1H3,(H,18,19). The molecule has 104 valence electrons. The zero-order valence-corrected chi connectivity index (χ0v) is 11.0. The molecule has 0 radical (unpaired) electrons. The largest absolute Gasteiger partial charge is 0.487 e. The van der Waals surface area contributed by atoms with Crippen LogP contribution in [0.4, 0.5) is 15.8 Å². The van der Waals surface area contributed by atoms with Gasteiger partial charge in [0.2, 0.25) is 5.91 Å². The number of benzene rings is 2. The van der Waals surface area contributed by atoms with Crippen LogP contribution in [0.5, 0.6) is 5.75 Å². The number of nitrogens with one attached hydrogen (secondary N) is 1. The molecule has 0 aliphatic carbocycles. The van der Waals surface area contributed by atoms with Crippen molar-refractivity contribution in [2.75, 3.05) is 11.1 Å². The molecule has 0 fully saturated rings. The first kappa shape index (κ1) is 13.9. The highest BCUT2D eigenvalue weighted by Gasteiger charge is 2.06. The number of para-hydroxylation sites is 2. The summed E-state index contributed by atoms with van der Waals surface area (Å²) in [5, 5.41) is 2.68. The van der Waals surface area contributed by atoms with E-state index in [1.807, 2.05) is 0 Å². The van der Waals surface area contributed by atoms with Crippen molar-refractivity contribution in [1.82, 2.24) is 0 Å². The third kappa shape index (κ3) is 3.47.